The van der Waals surface area contributed by atoms with Crippen LogP contribution in [0, 0.1) is 5.92 Å². The summed E-state index contributed by atoms with van der Waals surface area (Å²) in [6, 6.07) is 6.99. The lowest BCUT2D eigenvalue weighted by Crippen LogP contribution is -2.22. The van der Waals surface area contributed by atoms with Crippen LogP contribution in [0.25, 0.3) is 0 Å². The van der Waals surface area contributed by atoms with Crippen molar-refractivity contribution in [2.24, 2.45) is 5.92 Å². The van der Waals surface area contributed by atoms with Crippen molar-refractivity contribution in [3.8, 4) is 5.75 Å². The molecule has 0 aliphatic heterocycles. The molecule has 3 heteroatoms. The van der Waals surface area contributed by atoms with E-state index in [2.05, 4.69) is 0 Å². The van der Waals surface area contributed by atoms with Gasteiger partial charge in [-0.05, 0) is 37.1 Å². The summed E-state index contributed by atoms with van der Waals surface area (Å²) in [4.78, 5) is 24.2. The molecule has 0 amide bonds. The highest BCUT2D eigenvalue weighted by atomic mass is 16.5. The largest absolute Gasteiger partial charge is 0.497 e. The van der Waals surface area contributed by atoms with Crippen molar-refractivity contribution in [3.05, 3.63) is 29.8 Å². The second-order valence-electron chi connectivity index (χ2n) is 4.71. The van der Waals surface area contributed by atoms with Gasteiger partial charge in [0, 0.05) is 12.0 Å². The highest BCUT2D eigenvalue weighted by molar-refractivity contribution is 6.10. The van der Waals surface area contributed by atoms with E-state index in [1.807, 2.05) is 0 Å². The first kappa shape index (κ1) is 12.8. The molecule has 0 spiro atoms. The number of ether oxygens (including phenoxy) is 1. The Hall–Kier alpha value is -1.64. The van der Waals surface area contributed by atoms with E-state index < -0.39 is 5.92 Å². The predicted octanol–water partition coefficient (Wildman–Crippen LogP) is 3.03. The van der Waals surface area contributed by atoms with Crippen molar-refractivity contribution < 1.29 is 14.3 Å². The molecule has 0 bridgehead atoms. The highest BCUT2D eigenvalue weighted by Gasteiger charge is 2.28. The Bertz CT molecular complexity index is 434. The molecule has 0 heterocycles. The number of ketones is 2. The molecular formula is C15H18O3. The smallest absolute Gasteiger partial charge is 0.173 e. The summed E-state index contributed by atoms with van der Waals surface area (Å²) in [5, 5.41) is 0. The minimum atomic E-state index is -0.430. The van der Waals surface area contributed by atoms with Crippen LogP contribution in [0.3, 0.4) is 0 Å². The summed E-state index contributed by atoms with van der Waals surface area (Å²) in [6.45, 7) is 0. The van der Waals surface area contributed by atoms with Gasteiger partial charge in [-0.3, -0.25) is 9.59 Å². The number of rotatable bonds is 3. The van der Waals surface area contributed by atoms with Crippen molar-refractivity contribution in [2.75, 3.05) is 7.11 Å². The number of hydrogen-bond acceptors (Lipinski definition) is 3. The molecule has 0 aromatic heterocycles. The molecule has 0 saturated heterocycles. The van der Waals surface area contributed by atoms with E-state index in [0.717, 1.165) is 25.0 Å². The number of carbonyl (C=O) groups is 2. The van der Waals surface area contributed by atoms with Gasteiger partial charge in [0.2, 0.25) is 0 Å². The quantitative estimate of drug-likeness (QED) is 0.468. The fourth-order valence-corrected chi connectivity index (χ4v) is 2.39. The van der Waals surface area contributed by atoms with Gasteiger partial charge >= 0.3 is 0 Å². The molecule has 18 heavy (non-hydrogen) atoms. The first-order valence-corrected chi connectivity index (χ1v) is 6.43. The fourth-order valence-electron chi connectivity index (χ4n) is 2.39. The van der Waals surface area contributed by atoms with Crippen molar-refractivity contribution in [2.45, 2.75) is 32.1 Å². The molecule has 1 saturated carbocycles. The lowest BCUT2D eigenvalue weighted by atomic mass is 9.90. The van der Waals surface area contributed by atoms with Crippen molar-refractivity contribution in [1.29, 1.82) is 0 Å². The minimum absolute atomic E-state index is 0.0375. The highest BCUT2D eigenvalue weighted by Crippen LogP contribution is 2.24. The second-order valence-corrected chi connectivity index (χ2v) is 4.71. The van der Waals surface area contributed by atoms with Crippen molar-refractivity contribution in [1.82, 2.24) is 0 Å². The molecule has 1 unspecified atom stereocenters. The van der Waals surface area contributed by atoms with E-state index in [0.29, 0.717) is 18.4 Å². The normalized spacial score (nSPS) is 20.3. The first-order valence-electron chi connectivity index (χ1n) is 6.43. The number of hydrogen-bond donors (Lipinski definition) is 0. The van der Waals surface area contributed by atoms with Crippen LogP contribution in [0.15, 0.2) is 24.3 Å². The lowest BCUT2D eigenvalue weighted by molar-refractivity contribution is -0.121. The summed E-state index contributed by atoms with van der Waals surface area (Å²) in [7, 11) is 1.59. The molecule has 0 N–H and O–H groups in total. The molecule has 0 radical (unpaired) electrons. The number of methoxy groups -OCH3 is 1. The van der Waals surface area contributed by atoms with Gasteiger partial charge in [-0.25, -0.2) is 0 Å². The van der Waals surface area contributed by atoms with Crippen LogP contribution < -0.4 is 4.74 Å². The monoisotopic (exact) mass is 246 g/mol. The van der Waals surface area contributed by atoms with Crippen molar-refractivity contribution >= 4 is 11.6 Å². The lowest BCUT2D eigenvalue weighted by Gasteiger charge is -2.11. The number of Topliss-reactive ketones (excluding diaryl/α,β-unsaturated/α-hetero) is 2. The molecule has 1 fully saturated rings. The molecule has 1 aromatic carbocycles. The van der Waals surface area contributed by atoms with Gasteiger partial charge in [-0.15, -0.1) is 0 Å². The van der Waals surface area contributed by atoms with E-state index in [-0.39, 0.29) is 11.6 Å². The first-order chi connectivity index (χ1) is 8.72. The van der Waals surface area contributed by atoms with Gasteiger partial charge < -0.3 is 4.74 Å². The Balaban J connectivity index is 2.15. The Morgan fingerprint density at radius 1 is 1.17 bits per heavy atom. The summed E-state index contributed by atoms with van der Waals surface area (Å²) in [5.74, 6) is 0.359. The topological polar surface area (TPSA) is 43.4 Å². The van der Waals surface area contributed by atoms with Crippen LogP contribution in [-0.4, -0.2) is 18.7 Å². The van der Waals surface area contributed by atoms with Gasteiger partial charge in [0.15, 0.2) is 5.78 Å². The molecule has 1 aliphatic carbocycles. The van der Waals surface area contributed by atoms with E-state index in [1.165, 1.54) is 0 Å². The maximum absolute atomic E-state index is 12.3. The van der Waals surface area contributed by atoms with E-state index >= 15 is 0 Å². The van der Waals surface area contributed by atoms with Crippen LogP contribution in [0.5, 0.6) is 5.75 Å². The van der Waals surface area contributed by atoms with Gasteiger partial charge in [0.05, 0.1) is 13.0 Å². The summed E-state index contributed by atoms with van der Waals surface area (Å²) in [6.07, 6.45) is 4.19. The summed E-state index contributed by atoms with van der Waals surface area (Å²) < 4.78 is 5.06. The molecule has 96 valence electrons. The minimum Gasteiger partial charge on any atom is -0.497 e. The SMILES string of the molecule is COc1ccc(C(=O)C2CCCCCC2=O)cc1. The fraction of sp³-hybridized carbons (Fsp3) is 0.467. The summed E-state index contributed by atoms with van der Waals surface area (Å²) in [5.41, 5.74) is 0.607. The zero-order chi connectivity index (χ0) is 13.0. The average molecular weight is 246 g/mol. The maximum Gasteiger partial charge on any atom is 0.173 e. The molecule has 3 nitrogen and oxygen atoms in total. The third-order valence-electron chi connectivity index (χ3n) is 3.50. The van der Waals surface area contributed by atoms with E-state index in [9.17, 15) is 9.59 Å². The van der Waals surface area contributed by atoms with Crippen LogP contribution in [0.4, 0.5) is 0 Å². The molecule has 1 aliphatic rings. The van der Waals surface area contributed by atoms with E-state index in [1.54, 1.807) is 31.4 Å². The van der Waals surface area contributed by atoms with Gasteiger partial charge in [-0.1, -0.05) is 12.8 Å². The summed E-state index contributed by atoms with van der Waals surface area (Å²) >= 11 is 0. The zero-order valence-electron chi connectivity index (χ0n) is 10.6. The number of benzene rings is 1. The van der Waals surface area contributed by atoms with Crippen molar-refractivity contribution in [3.63, 3.8) is 0 Å². The zero-order valence-corrected chi connectivity index (χ0v) is 10.6. The molecule has 1 aromatic rings. The number of carbonyl (C=O) groups excluding carboxylic acids is 2. The van der Waals surface area contributed by atoms with Gasteiger partial charge in [0.25, 0.3) is 0 Å². The average Bonchev–Trinajstić information content (AvgIpc) is 2.63. The van der Waals surface area contributed by atoms with Crippen LogP contribution in [0.2, 0.25) is 0 Å². The Morgan fingerprint density at radius 2 is 1.89 bits per heavy atom. The molecule has 2 rings (SSSR count). The Morgan fingerprint density at radius 3 is 2.56 bits per heavy atom. The van der Waals surface area contributed by atoms with E-state index in [4.69, 9.17) is 4.74 Å². The van der Waals surface area contributed by atoms with Crippen LogP contribution in [-0.2, 0) is 4.79 Å². The predicted molar refractivity (Wildman–Crippen MR) is 68.9 cm³/mol. The Labute approximate surface area is 107 Å². The molecular weight excluding hydrogens is 228 g/mol. The third kappa shape index (κ3) is 2.78. The second kappa shape index (κ2) is 5.80. The van der Waals surface area contributed by atoms with Crippen LogP contribution >= 0.6 is 0 Å². The van der Waals surface area contributed by atoms with Gasteiger partial charge in [-0.2, -0.15) is 0 Å². The molecule has 1 atom stereocenters. The maximum atomic E-state index is 12.3. The Kier molecular flexibility index (Phi) is 4.13. The third-order valence-corrected chi connectivity index (χ3v) is 3.50. The standard InChI is InChI=1S/C15H18O3/c1-18-12-9-7-11(8-10-12)15(17)13-5-3-2-4-6-14(13)16/h7-10,13H,2-6H2,1H3. The van der Waals surface area contributed by atoms with Crippen LogP contribution in [0.1, 0.15) is 42.5 Å². The van der Waals surface area contributed by atoms with Gasteiger partial charge in [0.1, 0.15) is 11.5 Å².